The number of furan rings is 1. The van der Waals surface area contributed by atoms with Crippen molar-refractivity contribution >= 4 is 39.2 Å². The minimum Gasteiger partial charge on any atom is -0.464 e. The average Bonchev–Trinajstić information content (AvgIpc) is 3.38. The first-order valence-electron chi connectivity index (χ1n) is 10.1. The summed E-state index contributed by atoms with van der Waals surface area (Å²) in [5.41, 5.74) is 0.612. The molecule has 1 fully saturated rings. The van der Waals surface area contributed by atoms with Crippen molar-refractivity contribution in [2.24, 2.45) is 0 Å². The fourth-order valence-corrected chi connectivity index (χ4v) is 5.98. The summed E-state index contributed by atoms with van der Waals surface area (Å²) >= 11 is 2.74. The lowest BCUT2D eigenvalue weighted by Crippen LogP contribution is -2.48. The van der Waals surface area contributed by atoms with Crippen molar-refractivity contribution in [2.75, 3.05) is 5.75 Å². The molecule has 2 unspecified atom stereocenters. The number of carbonyl (C=O) groups is 1. The number of thiophene rings is 1. The highest BCUT2D eigenvalue weighted by atomic mass is 32.2. The maximum absolute atomic E-state index is 13.3. The predicted molar refractivity (Wildman–Crippen MR) is 122 cm³/mol. The van der Waals surface area contributed by atoms with Crippen molar-refractivity contribution in [3.05, 3.63) is 46.8 Å². The van der Waals surface area contributed by atoms with Crippen LogP contribution in [0.5, 0.6) is 0 Å². The first-order valence-corrected chi connectivity index (χ1v) is 12.0. The second-order valence-corrected chi connectivity index (χ2v) is 9.42. The Morgan fingerprint density at radius 3 is 2.83 bits per heavy atom. The molecule has 1 aliphatic heterocycles. The highest BCUT2D eigenvalue weighted by Crippen LogP contribution is 2.32. The van der Waals surface area contributed by atoms with Gasteiger partial charge in [0.2, 0.25) is 5.91 Å². The highest BCUT2D eigenvalue weighted by molar-refractivity contribution is 7.99. The van der Waals surface area contributed by atoms with E-state index < -0.39 is 0 Å². The Morgan fingerprint density at radius 1 is 1.40 bits per heavy atom. The van der Waals surface area contributed by atoms with E-state index in [1.54, 1.807) is 23.0 Å². The van der Waals surface area contributed by atoms with E-state index in [2.05, 4.69) is 20.4 Å². The van der Waals surface area contributed by atoms with Crippen LogP contribution in [0.15, 0.2) is 50.8 Å². The summed E-state index contributed by atoms with van der Waals surface area (Å²) in [7, 11) is 0. The predicted octanol–water partition coefficient (Wildman–Crippen LogP) is 4.79. The number of carbonyl (C=O) groups excluding carboxylic acids is 1. The number of nitrogens with zero attached hydrogens (tertiary/aromatic N) is 3. The lowest BCUT2D eigenvalue weighted by atomic mass is 9.98. The molecule has 0 saturated carbocycles. The summed E-state index contributed by atoms with van der Waals surface area (Å²) in [6.07, 6.45) is 6.50. The van der Waals surface area contributed by atoms with Crippen LogP contribution in [0.25, 0.3) is 21.5 Å². The molecule has 8 heteroatoms. The van der Waals surface area contributed by atoms with Crippen molar-refractivity contribution in [3.63, 3.8) is 0 Å². The van der Waals surface area contributed by atoms with Crippen molar-refractivity contribution in [2.45, 2.75) is 56.9 Å². The van der Waals surface area contributed by atoms with Crippen LogP contribution >= 0.6 is 23.1 Å². The molecule has 3 aromatic heterocycles. The van der Waals surface area contributed by atoms with Crippen molar-refractivity contribution in [1.82, 2.24) is 14.5 Å². The van der Waals surface area contributed by atoms with Crippen molar-refractivity contribution in [3.8, 4) is 11.3 Å². The van der Waals surface area contributed by atoms with Gasteiger partial charge in [-0.2, -0.15) is 0 Å². The topological polar surface area (TPSA) is 68.3 Å². The van der Waals surface area contributed by atoms with Gasteiger partial charge in [0.15, 0.2) is 5.16 Å². The molecule has 6 nitrogen and oxygen atoms in total. The smallest absolute Gasteiger partial charge is 0.263 e. The molecule has 0 bridgehead atoms. The van der Waals surface area contributed by atoms with E-state index >= 15 is 0 Å². The van der Waals surface area contributed by atoms with Crippen LogP contribution in [0.2, 0.25) is 0 Å². The molecule has 1 aliphatic rings. The number of thioether (sulfide) groups is 1. The number of piperidine rings is 1. The molecule has 0 spiro atoms. The zero-order valence-electron chi connectivity index (χ0n) is 17.2. The number of allylic oxidation sites excluding steroid dienone is 1. The van der Waals surface area contributed by atoms with Gasteiger partial charge in [-0.3, -0.25) is 14.2 Å². The molecule has 2 atom stereocenters. The maximum atomic E-state index is 13.3. The Hall–Kier alpha value is -2.32. The van der Waals surface area contributed by atoms with Gasteiger partial charge < -0.3 is 9.32 Å². The Kier molecular flexibility index (Phi) is 6.15. The van der Waals surface area contributed by atoms with Gasteiger partial charge >= 0.3 is 0 Å². The van der Waals surface area contributed by atoms with Crippen LogP contribution in [0.1, 0.15) is 33.1 Å². The standard InChI is InChI=1S/C22H25N3O3S2/c1-4-10-24-21(27)19-16(17-9-6-11-28-17)12-29-20(19)23-22(24)30-13-18(26)25-14(2)7-5-8-15(25)3/h4,6,9,11-12,14-15H,1,5,7-8,10,13H2,2-3H3. The molecule has 1 saturated heterocycles. The highest BCUT2D eigenvalue weighted by Gasteiger charge is 2.29. The lowest BCUT2D eigenvalue weighted by molar-refractivity contribution is -0.134. The largest absolute Gasteiger partial charge is 0.464 e. The number of hydrogen-bond donors (Lipinski definition) is 0. The van der Waals surface area contributed by atoms with Crippen molar-refractivity contribution < 1.29 is 9.21 Å². The molecule has 0 radical (unpaired) electrons. The van der Waals surface area contributed by atoms with Gasteiger partial charge in [-0.15, -0.1) is 17.9 Å². The van der Waals surface area contributed by atoms with Crippen LogP contribution in [-0.4, -0.2) is 38.2 Å². The zero-order valence-corrected chi connectivity index (χ0v) is 18.8. The van der Waals surface area contributed by atoms with Gasteiger partial charge in [-0.05, 0) is 45.2 Å². The minimum atomic E-state index is -0.137. The molecule has 4 heterocycles. The van der Waals surface area contributed by atoms with E-state index in [1.165, 1.54) is 23.1 Å². The Morgan fingerprint density at radius 2 is 2.17 bits per heavy atom. The molecule has 158 valence electrons. The fraction of sp³-hybridized carbons (Fsp3) is 0.409. The first-order chi connectivity index (χ1) is 14.5. The molecule has 1 amide bonds. The minimum absolute atomic E-state index is 0.0988. The summed E-state index contributed by atoms with van der Waals surface area (Å²) in [6.45, 7) is 8.33. The van der Waals surface area contributed by atoms with Crippen LogP contribution in [0.4, 0.5) is 0 Å². The molecule has 4 rings (SSSR count). The number of rotatable bonds is 6. The van der Waals surface area contributed by atoms with E-state index in [-0.39, 0.29) is 29.3 Å². The quantitative estimate of drug-likeness (QED) is 0.311. The van der Waals surface area contributed by atoms with E-state index in [1.807, 2.05) is 16.3 Å². The van der Waals surface area contributed by atoms with Gasteiger partial charge in [-0.25, -0.2) is 4.98 Å². The molecule has 3 aromatic rings. The summed E-state index contributed by atoms with van der Waals surface area (Å²) < 4.78 is 7.09. The number of aromatic nitrogens is 2. The molecule has 0 aliphatic carbocycles. The number of amides is 1. The first kappa shape index (κ1) is 20.9. The second-order valence-electron chi connectivity index (χ2n) is 7.62. The van der Waals surface area contributed by atoms with Gasteiger partial charge in [-0.1, -0.05) is 17.8 Å². The van der Waals surface area contributed by atoms with Gasteiger partial charge in [0.05, 0.1) is 17.4 Å². The van der Waals surface area contributed by atoms with Gasteiger partial charge in [0.1, 0.15) is 10.6 Å². The van der Waals surface area contributed by atoms with Crippen LogP contribution in [-0.2, 0) is 11.3 Å². The molecule has 0 N–H and O–H groups in total. The molecule has 0 aromatic carbocycles. The van der Waals surface area contributed by atoms with Crippen LogP contribution < -0.4 is 5.56 Å². The number of hydrogen-bond acceptors (Lipinski definition) is 6. The molecular weight excluding hydrogens is 418 g/mol. The second kappa shape index (κ2) is 8.81. The third-order valence-corrected chi connectivity index (χ3v) is 7.40. The summed E-state index contributed by atoms with van der Waals surface area (Å²) in [5.74, 6) is 1.01. The van der Waals surface area contributed by atoms with Crippen LogP contribution in [0, 0.1) is 0 Å². The lowest BCUT2D eigenvalue weighted by Gasteiger charge is -2.39. The summed E-state index contributed by atoms with van der Waals surface area (Å²) in [6, 6.07) is 4.13. The third-order valence-electron chi connectivity index (χ3n) is 5.56. The average molecular weight is 444 g/mol. The van der Waals surface area contributed by atoms with E-state index in [9.17, 15) is 9.59 Å². The van der Waals surface area contributed by atoms with E-state index in [0.29, 0.717) is 27.7 Å². The molecular formula is C22H25N3O3S2. The number of likely N-dealkylation sites (tertiary alicyclic amines) is 1. The zero-order chi connectivity index (χ0) is 21.3. The van der Waals surface area contributed by atoms with Gasteiger partial charge in [0.25, 0.3) is 5.56 Å². The SMILES string of the molecule is C=CCn1c(SCC(=O)N2C(C)CCCC2C)nc2scc(-c3ccco3)c2c1=O. The normalized spacial score (nSPS) is 19.3. The summed E-state index contributed by atoms with van der Waals surface area (Å²) in [4.78, 5) is 33.6. The number of fused-ring (bicyclic) bond motifs is 1. The third kappa shape index (κ3) is 3.86. The molecule has 30 heavy (non-hydrogen) atoms. The van der Waals surface area contributed by atoms with E-state index in [4.69, 9.17) is 9.40 Å². The van der Waals surface area contributed by atoms with E-state index in [0.717, 1.165) is 24.8 Å². The Balaban J connectivity index is 1.65. The Bertz CT molecular complexity index is 1110. The summed E-state index contributed by atoms with van der Waals surface area (Å²) in [5, 5.41) is 2.99. The van der Waals surface area contributed by atoms with Crippen molar-refractivity contribution in [1.29, 1.82) is 0 Å². The Labute approximate surface area is 183 Å². The maximum Gasteiger partial charge on any atom is 0.263 e. The van der Waals surface area contributed by atoms with Gasteiger partial charge in [0, 0.05) is 29.6 Å². The van der Waals surface area contributed by atoms with Crippen LogP contribution in [0.3, 0.4) is 0 Å². The fourth-order valence-electron chi connectivity index (χ4n) is 4.13. The monoisotopic (exact) mass is 443 g/mol.